The monoisotopic (exact) mass is 273 g/mol. The van der Waals surface area contributed by atoms with Crippen LogP contribution < -0.4 is 5.32 Å². The van der Waals surface area contributed by atoms with Crippen molar-refractivity contribution in [3.05, 3.63) is 58.7 Å². The number of benzene rings is 1. The van der Waals surface area contributed by atoms with Crippen molar-refractivity contribution in [2.45, 2.75) is 27.3 Å². The molecule has 3 nitrogen and oxygen atoms in total. The van der Waals surface area contributed by atoms with Crippen molar-refractivity contribution in [3.63, 3.8) is 0 Å². The van der Waals surface area contributed by atoms with Gasteiger partial charge in [0, 0.05) is 6.54 Å². The summed E-state index contributed by atoms with van der Waals surface area (Å²) in [5, 5.41) is 3.19. The molecule has 1 aromatic carbocycles. The number of aliphatic imine (C=N–C) groups is 2. The lowest BCUT2D eigenvalue weighted by Gasteiger charge is -2.09. The van der Waals surface area contributed by atoms with Crippen molar-refractivity contribution in [1.82, 2.24) is 5.32 Å². The summed E-state index contributed by atoms with van der Waals surface area (Å²) in [5.41, 5.74) is 2.74. The molecule has 0 fully saturated rings. The summed E-state index contributed by atoms with van der Waals surface area (Å²) in [5.74, 6) is 0.464. The van der Waals surface area contributed by atoms with Crippen molar-refractivity contribution < 1.29 is 4.39 Å². The Morgan fingerprint density at radius 1 is 1.40 bits per heavy atom. The summed E-state index contributed by atoms with van der Waals surface area (Å²) in [4.78, 5) is 7.79. The van der Waals surface area contributed by atoms with Crippen LogP contribution in [0, 0.1) is 12.7 Å². The van der Waals surface area contributed by atoms with Gasteiger partial charge in [0.1, 0.15) is 18.0 Å². The molecule has 0 radical (unpaired) electrons. The minimum Gasteiger partial charge on any atom is -0.366 e. The molecule has 0 heterocycles. The lowest BCUT2D eigenvalue weighted by atomic mass is 10.1. The number of rotatable bonds is 6. The molecule has 0 unspecified atom stereocenters. The van der Waals surface area contributed by atoms with Crippen LogP contribution >= 0.6 is 0 Å². The molecule has 0 atom stereocenters. The van der Waals surface area contributed by atoms with Crippen LogP contribution in [-0.2, 0) is 6.54 Å². The van der Waals surface area contributed by atoms with Gasteiger partial charge >= 0.3 is 0 Å². The Morgan fingerprint density at radius 2 is 2.15 bits per heavy atom. The van der Waals surface area contributed by atoms with Crippen molar-refractivity contribution in [1.29, 1.82) is 0 Å². The molecule has 4 heteroatoms. The van der Waals surface area contributed by atoms with Crippen LogP contribution in [0.3, 0.4) is 0 Å². The van der Waals surface area contributed by atoms with E-state index in [4.69, 9.17) is 0 Å². The normalized spacial score (nSPS) is 12.8. The topological polar surface area (TPSA) is 36.8 Å². The zero-order valence-electron chi connectivity index (χ0n) is 12.2. The molecule has 0 amide bonds. The predicted molar refractivity (Wildman–Crippen MR) is 83.5 cm³/mol. The third-order valence-corrected chi connectivity index (χ3v) is 2.62. The number of nitrogens with zero attached hydrogens (tertiary/aromatic N) is 2. The number of nitrogens with one attached hydrogen (secondary N) is 1. The Hall–Kier alpha value is -2.23. The second kappa shape index (κ2) is 8.04. The van der Waals surface area contributed by atoms with E-state index in [0.717, 1.165) is 16.7 Å². The minimum atomic E-state index is -0.228. The molecule has 0 spiro atoms. The number of halogens is 1. The number of allylic oxidation sites excluding steroid dienone is 3. The third kappa shape index (κ3) is 5.18. The molecule has 0 aliphatic carbocycles. The Bertz CT molecular complexity index is 537. The number of aryl methyl sites for hydroxylation is 1. The van der Waals surface area contributed by atoms with E-state index in [-0.39, 0.29) is 5.82 Å². The van der Waals surface area contributed by atoms with Gasteiger partial charge in [0.25, 0.3) is 0 Å². The first kappa shape index (κ1) is 15.8. The Kier molecular flexibility index (Phi) is 6.37. The van der Waals surface area contributed by atoms with E-state index in [9.17, 15) is 4.39 Å². The molecular weight excluding hydrogens is 253 g/mol. The Balaban J connectivity index is 2.88. The smallest absolute Gasteiger partial charge is 0.130 e. The maximum Gasteiger partial charge on any atom is 0.130 e. The van der Waals surface area contributed by atoms with E-state index in [2.05, 4.69) is 22.0 Å². The van der Waals surface area contributed by atoms with Gasteiger partial charge in [0.15, 0.2) is 0 Å². The molecule has 0 aliphatic rings. The van der Waals surface area contributed by atoms with Gasteiger partial charge in [-0.25, -0.2) is 9.38 Å². The zero-order chi connectivity index (χ0) is 15.0. The average Bonchev–Trinajstić information content (AvgIpc) is 2.38. The minimum absolute atomic E-state index is 0.228. The van der Waals surface area contributed by atoms with Crippen LogP contribution in [0.1, 0.15) is 25.0 Å². The molecule has 0 aromatic heterocycles. The van der Waals surface area contributed by atoms with Crippen LogP contribution in [-0.4, -0.2) is 13.1 Å². The lowest BCUT2D eigenvalue weighted by Crippen LogP contribution is -2.13. The van der Waals surface area contributed by atoms with Gasteiger partial charge in [0.2, 0.25) is 0 Å². The van der Waals surface area contributed by atoms with Crippen molar-refractivity contribution in [2.75, 3.05) is 0 Å². The standard InChI is InChI=1S/C16H20FN3/c1-5-6-13(3)16(20-11-18-4)19-10-14-7-12(2)8-15(17)9-14/h5-9,11,19H,4,10H2,1-3H3/b6-5-,16-13+,20-11-. The second-order valence-corrected chi connectivity index (χ2v) is 4.45. The third-order valence-electron chi connectivity index (χ3n) is 2.62. The van der Waals surface area contributed by atoms with Gasteiger partial charge in [-0.2, -0.15) is 0 Å². The van der Waals surface area contributed by atoms with E-state index in [1.807, 2.05) is 39.0 Å². The molecule has 1 aromatic rings. The molecule has 20 heavy (non-hydrogen) atoms. The van der Waals surface area contributed by atoms with Crippen LogP contribution in [0.5, 0.6) is 0 Å². The fraction of sp³-hybridized carbons (Fsp3) is 0.250. The van der Waals surface area contributed by atoms with E-state index >= 15 is 0 Å². The summed E-state index contributed by atoms with van der Waals surface area (Å²) in [6.07, 6.45) is 5.26. The van der Waals surface area contributed by atoms with Crippen LogP contribution in [0.15, 0.2) is 51.7 Å². The van der Waals surface area contributed by atoms with Gasteiger partial charge < -0.3 is 5.32 Å². The van der Waals surface area contributed by atoms with Gasteiger partial charge in [-0.3, -0.25) is 4.99 Å². The van der Waals surface area contributed by atoms with Crippen molar-refractivity contribution in [2.24, 2.45) is 9.98 Å². The molecule has 0 saturated carbocycles. The summed E-state index contributed by atoms with van der Waals surface area (Å²) < 4.78 is 13.3. The van der Waals surface area contributed by atoms with Crippen LogP contribution in [0.2, 0.25) is 0 Å². The van der Waals surface area contributed by atoms with Gasteiger partial charge in [-0.1, -0.05) is 18.2 Å². The lowest BCUT2D eigenvalue weighted by molar-refractivity contribution is 0.622. The highest BCUT2D eigenvalue weighted by atomic mass is 19.1. The van der Waals surface area contributed by atoms with E-state index in [1.54, 1.807) is 0 Å². The highest BCUT2D eigenvalue weighted by molar-refractivity contribution is 5.63. The summed E-state index contributed by atoms with van der Waals surface area (Å²) >= 11 is 0. The highest BCUT2D eigenvalue weighted by Gasteiger charge is 2.01. The number of hydrogen-bond acceptors (Lipinski definition) is 2. The molecule has 106 valence electrons. The van der Waals surface area contributed by atoms with Gasteiger partial charge in [-0.15, -0.1) is 0 Å². The van der Waals surface area contributed by atoms with E-state index in [0.29, 0.717) is 12.4 Å². The van der Waals surface area contributed by atoms with Gasteiger partial charge in [-0.05, 0) is 56.3 Å². The van der Waals surface area contributed by atoms with E-state index < -0.39 is 0 Å². The maximum absolute atomic E-state index is 13.3. The first-order valence-corrected chi connectivity index (χ1v) is 6.38. The fourth-order valence-corrected chi connectivity index (χ4v) is 1.81. The predicted octanol–water partition coefficient (Wildman–Crippen LogP) is 3.76. The maximum atomic E-state index is 13.3. The molecule has 1 rings (SSSR count). The van der Waals surface area contributed by atoms with Gasteiger partial charge in [0.05, 0.1) is 0 Å². The Morgan fingerprint density at radius 3 is 2.75 bits per heavy atom. The fourth-order valence-electron chi connectivity index (χ4n) is 1.81. The molecule has 0 saturated heterocycles. The molecular formula is C16H20FN3. The van der Waals surface area contributed by atoms with Crippen molar-refractivity contribution in [3.8, 4) is 0 Å². The largest absolute Gasteiger partial charge is 0.366 e. The van der Waals surface area contributed by atoms with E-state index in [1.165, 1.54) is 18.5 Å². The highest BCUT2D eigenvalue weighted by Crippen LogP contribution is 2.10. The number of hydrogen-bond donors (Lipinski definition) is 1. The average molecular weight is 273 g/mol. The van der Waals surface area contributed by atoms with Crippen molar-refractivity contribution >= 4 is 13.1 Å². The molecule has 0 bridgehead atoms. The second-order valence-electron chi connectivity index (χ2n) is 4.45. The SMILES string of the molecule is C=N\C=N/C(NCc1cc(C)cc(F)c1)=C(C)/C=C\C. The quantitative estimate of drug-likeness (QED) is 0.478. The summed E-state index contributed by atoms with van der Waals surface area (Å²) in [6, 6.07) is 4.96. The summed E-state index contributed by atoms with van der Waals surface area (Å²) in [6.45, 7) is 9.61. The van der Waals surface area contributed by atoms with Crippen LogP contribution in [0.4, 0.5) is 4.39 Å². The first-order chi connectivity index (χ1) is 9.56. The molecule has 1 N–H and O–H groups in total. The van der Waals surface area contributed by atoms with Crippen LogP contribution in [0.25, 0.3) is 0 Å². The Labute approximate surface area is 119 Å². The first-order valence-electron chi connectivity index (χ1n) is 6.38. The zero-order valence-corrected chi connectivity index (χ0v) is 12.2. The molecule has 0 aliphatic heterocycles. The summed E-state index contributed by atoms with van der Waals surface area (Å²) in [7, 11) is 0.